The SMILES string of the molecule is CCCCCCCCCO[C@@H]1[C@H](O)[C@@H](CO)O[C@H]1n1cnc2c(N)nc(N)nc21. The van der Waals surface area contributed by atoms with Gasteiger partial charge in [-0.1, -0.05) is 45.4 Å². The molecule has 2 aromatic rings. The molecule has 10 heteroatoms. The molecule has 3 heterocycles. The highest BCUT2D eigenvalue weighted by atomic mass is 16.6. The average Bonchev–Trinajstić information content (AvgIpc) is 3.25. The van der Waals surface area contributed by atoms with Gasteiger partial charge in [-0.15, -0.1) is 0 Å². The van der Waals surface area contributed by atoms with Crippen molar-refractivity contribution in [3.05, 3.63) is 6.33 Å². The molecule has 0 spiro atoms. The Kier molecular flexibility index (Phi) is 7.59. The lowest BCUT2D eigenvalue weighted by Gasteiger charge is -2.22. The Balaban J connectivity index is 1.65. The first kappa shape index (κ1) is 21.7. The van der Waals surface area contributed by atoms with E-state index in [0.717, 1.165) is 12.8 Å². The number of rotatable bonds is 11. The highest BCUT2D eigenvalue weighted by Crippen LogP contribution is 2.34. The van der Waals surface area contributed by atoms with Crippen LogP contribution in [0.4, 0.5) is 11.8 Å². The molecule has 1 saturated heterocycles. The van der Waals surface area contributed by atoms with Crippen LogP contribution >= 0.6 is 0 Å². The number of aliphatic hydroxyl groups excluding tert-OH is 2. The second kappa shape index (κ2) is 10.1. The zero-order chi connectivity index (χ0) is 20.8. The monoisotopic (exact) mass is 408 g/mol. The summed E-state index contributed by atoms with van der Waals surface area (Å²) in [7, 11) is 0. The highest BCUT2D eigenvalue weighted by molar-refractivity contribution is 5.82. The van der Waals surface area contributed by atoms with Crippen molar-refractivity contribution >= 4 is 22.9 Å². The van der Waals surface area contributed by atoms with E-state index < -0.39 is 24.5 Å². The van der Waals surface area contributed by atoms with Crippen LogP contribution in [0.5, 0.6) is 0 Å². The lowest BCUT2D eigenvalue weighted by molar-refractivity contribution is -0.0711. The minimum absolute atomic E-state index is 0.0227. The number of hydrogen-bond donors (Lipinski definition) is 4. The van der Waals surface area contributed by atoms with Crippen molar-refractivity contribution in [1.29, 1.82) is 0 Å². The van der Waals surface area contributed by atoms with Gasteiger partial charge in [-0.05, 0) is 6.42 Å². The zero-order valence-corrected chi connectivity index (χ0v) is 16.9. The molecule has 0 saturated carbocycles. The molecule has 6 N–H and O–H groups in total. The van der Waals surface area contributed by atoms with Crippen LogP contribution in [0.2, 0.25) is 0 Å². The van der Waals surface area contributed by atoms with Crippen molar-refractivity contribution in [2.24, 2.45) is 0 Å². The maximum absolute atomic E-state index is 10.6. The summed E-state index contributed by atoms with van der Waals surface area (Å²) >= 11 is 0. The van der Waals surface area contributed by atoms with Crippen molar-refractivity contribution in [2.45, 2.75) is 76.4 Å². The minimum Gasteiger partial charge on any atom is -0.394 e. The predicted octanol–water partition coefficient (Wildman–Crippen LogP) is 1.38. The fourth-order valence-electron chi connectivity index (χ4n) is 3.69. The fraction of sp³-hybridized carbons (Fsp3) is 0.737. The third-order valence-electron chi connectivity index (χ3n) is 5.29. The number of aliphatic hydroxyl groups is 2. The minimum atomic E-state index is -0.969. The number of nitrogens with two attached hydrogens (primary N) is 2. The maximum Gasteiger partial charge on any atom is 0.224 e. The normalized spacial score (nSPS) is 24.5. The Morgan fingerprint density at radius 1 is 1.14 bits per heavy atom. The van der Waals surface area contributed by atoms with E-state index >= 15 is 0 Å². The maximum atomic E-state index is 10.6. The van der Waals surface area contributed by atoms with Gasteiger partial charge in [-0.2, -0.15) is 9.97 Å². The molecule has 2 aromatic heterocycles. The molecule has 3 rings (SSSR count). The van der Waals surface area contributed by atoms with Crippen LogP contribution in [-0.4, -0.2) is 61.3 Å². The number of nitrogens with zero attached hydrogens (tertiary/aromatic N) is 4. The quantitative estimate of drug-likeness (QED) is 0.403. The molecule has 29 heavy (non-hydrogen) atoms. The average molecular weight is 409 g/mol. The van der Waals surface area contributed by atoms with Gasteiger partial charge in [0.05, 0.1) is 12.9 Å². The van der Waals surface area contributed by atoms with E-state index in [-0.39, 0.29) is 18.4 Å². The molecule has 0 amide bonds. The molecule has 1 aliphatic heterocycles. The Bertz CT molecular complexity index is 785. The molecule has 1 fully saturated rings. The number of hydrogen-bond acceptors (Lipinski definition) is 9. The van der Waals surface area contributed by atoms with E-state index in [4.69, 9.17) is 20.9 Å². The Labute approximate surface area is 170 Å². The standard InChI is InChI=1S/C19H32N6O4/c1-2-3-4-5-6-7-8-9-28-15-14(27)12(10-26)29-18(15)25-11-22-13-16(20)23-19(21)24-17(13)25/h11-12,14-15,18,26-27H,2-10H2,1H3,(H4,20,21,23,24)/t12-,14-,15-,18-/m1/s1. The van der Waals surface area contributed by atoms with E-state index in [1.54, 1.807) is 4.57 Å². The summed E-state index contributed by atoms with van der Waals surface area (Å²) in [6.07, 6.45) is 6.60. The number of fused-ring (bicyclic) bond motifs is 1. The second-order valence-corrected chi connectivity index (χ2v) is 7.49. The molecule has 4 atom stereocenters. The van der Waals surface area contributed by atoms with E-state index in [1.807, 2.05) is 0 Å². The van der Waals surface area contributed by atoms with Gasteiger partial charge in [0.25, 0.3) is 0 Å². The molecular weight excluding hydrogens is 376 g/mol. The van der Waals surface area contributed by atoms with Gasteiger partial charge in [-0.25, -0.2) is 4.98 Å². The van der Waals surface area contributed by atoms with Crippen LogP contribution in [0, 0.1) is 0 Å². The van der Waals surface area contributed by atoms with E-state index in [2.05, 4.69) is 21.9 Å². The number of aromatic nitrogens is 4. The fourth-order valence-corrected chi connectivity index (χ4v) is 3.69. The summed E-state index contributed by atoms with van der Waals surface area (Å²) < 4.78 is 13.4. The van der Waals surface area contributed by atoms with Crippen molar-refractivity contribution < 1.29 is 19.7 Å². The van der Waals surface area contributed by atoms with Crippen LogP contribution in [0.1, 0.15) is 58.1 Å². The summed E-state index contributed by atoms with van der Waals surface area (Å²) in [5.41, 5.74) is 12.4. The number of unbranched alkanes of at least 4 members (excludes halogenated alkanes) is 6. The van der Waals surface area contributed by atoms with Crippen LogP contribution < -0.4 is 11.5 Å². The Morgan fingerprint density at radius 2 is 1.86 bits per heavy atom. The van der Waals surface area contributed by atoms with Crippen LogP contribution in [0.3, 0.4) is 0 Å². The van der Waals surface area contributed by atoms with Crippen molar-refractivity contribution in [3.8, 4) is 0 Å². The predicted molar refractivity (Wildman–Crippen MR) is 109 cm³/mol. The first-order valence-electron chi connectivity index (χ1n) is 10.4. The highest BCUT2D eigenvalue weighted by Gasteiger charge is 2.45. The van der Waals surface area contributed by atoms with Gasteiger partial charge >= 0.3 is 0 Å². The Morgan fingerprint density at radius 3 is 2.59 bits per heavy atom. The number of nitrogen functional groups attached to an aromatic ring is 2. The van der Waals surface area contributed by atoms with Crippen molar-refractivity contribution in [2.75, 3.05) is 24.7 Å². The third kappa shape index (κ3) is 4.95. The van der Waals surface area contributed by atoms with Gasteiger partial charge in [-0.3, -0.25) is 4.57 Å². The van der Waals surface area contributed by atoms with E-state index in [1.165, 1.54) is 38.4 Å². The van der Waals surface area contributed by atoms with Gasteiger partial charge in [0.1, 0.15) is 23.8 Å². The first-order chi connectivity index (χ1) is 14.1. The van der Waals surface area contributed by atoms with Crippen LogP contribution in [0.25, 0.3) is 11.2 Å². The Hall–Kier alpha value is -2.01. The first-order valence-corrected chi connectivity index (χ1v) is 10.4. The van der Waals surface area contributed by atoms with Crippen molar-refractivity contribution in [1.82, 2.24) is 19.5 Å². The van der Waals surface area contributed by atoms with E-state index in [0.29, 0.717) is 17.8 Å². The topological polar surface area (TPSA) is 155 Å². The molecule has 0 bridgehead atoms. The molecule has 0 unspecified atom stereocenters. The molecule has 10 nitrogen and oxygen atoms in total. The molecule has 0 aromatic carbocycles. The van der Waals surface area contributed by atoms with Crippen molar-refractivity contribution in [3.63, 3.8) is 0 Å². The lowest BCUT2D eigenvalue weighted by atomic mass is 10.1. The summed E-state index contributed by atoms with van der Waals surface area (Å²) in [6.45, 7) is 2.39. The van der Waals surface area contributed by atoms with Crippen LogP contribution in [0.15, 0.2) is 6.33 Å². The third-order valence-corrected chi connectivity index (χ3v) is 5.29. The van der Waals surface area contributed by atoms with E-state index in [9.17, 15) is 10.2 Å². The summed E-state index contributed by atoms with van der Waals surface area (Å²) in [5.74, 6) is 0.193. The lowest BCUT2D eigenvalue weighted by Crippen LogP contribution is -2.35. The van der Waals surface area contributed by atoms with Gasteiger partial charge in [0.15, 0.2) is 17.7 Å². The largest absolute Gasteiger partial charge is 0.394 e. The summed E-state index contributed by atoms with van der Waals surface area (Å²) in [6, 6.07) is 0. The molecule has 0 radical (unpaired) electrons. The van der Waals surface area contributed by atoms with Gasteiger partial charge < -0.3 is 31.2 Å². The number of imidazole rings is 1. The zero-order valence-electron chi connectivity index (χ0n) is 16.9. The molecule has 162 valence electrons. The smallest absolute Gasteiger partial charge is 0.224 e. The van der Waals surface area contributed by atoms with Gasteiger partial charge in [0.2, 0.25) is 5.95 Å². The molecular formula is C19H32N6O4. The number of anilines is 2. The summed E-state index contributed by atoms with van der Waals surface area (Å²) in [5, 5.41) is 20.1. The van der Waals surface area contributed by atoms with Crippen LogP contribution in [-0.2, 0) is 9.47 Å². The second-order valence-electron chi connectivity index (χ2n) is 7.49. The summed E-state index contributed by atoms with van der Waals surface area (Å²) in [4.78, 5) is 12.4. The van der Waals surface area contributed by atoms with Gasteiger partial charge in [0, 0.05) is 6.61 Å². The number of ether oxygens (including phenoxy) is 2. The molecule has 1 aliphatic rings. The molecule has 0 aliphatic carbocycles.